The number of rotatable bonds is 7. The van der Waals surface area contributed by atoms with Crippen molar-refractivity contribution in [3.63, 3.8) is 0 Å². The minimum Gasteiger partial charge on any atom is -0.493 e. The van der Waals surface area contributed by atoms with E-state index in [0.717, 1.165) is 4.57 Å². The summed E-state index contributed by atoms with van der Waals surface area (Å²) in [6.07, 6.45) is 5.37. The van der Waals surface area contributed by atoms with Crippen LogP contribution >= 0.6 is 0 Å². The van der Waals surface area contributed by atoms with E-state index >= 15 is 0 Å². The first-order chi connectivity index (χ1) is 15.5. The fourth-order valence-corrected chi connectivity index (χ4v) is 3.25. The molecule has 0 bridgehead atoms. The smallest absolute Gasteiger partial charge is 0.333 e. The van der Waals surface area contributed by atoms with Crippen LogP contribution in [-0.4, -0.2) is 46.1 Å². The molecule has 32 heavy (non-hydrogen) atoms. The van der Waals surface area contributed by atoms with Gasteiger partial charge in [0.2, 0.25) is 0 Å². The summed E-state index contributed by atoms with van der Waals surface area (Å²) in [5.41, 5.74) is 0.121. The average Bonchev–Trinajstić information content (AvgIpc) is 3.13. The maximum absolute atomic E-state index is 13.0. The number of fused-ring (bicyclic) bond motifs is 1. The van der Waals surface area contributed by atoms with Crippen LogP contribution in [-0.2, 0) is 24.9 Å². The van der Waals surface area contributed by atoms with Gasteiger partial charge in [0.1, 0.15) is 0 Å². The van der Waals surface area contributed by atoms with Crippen LogP contribution in [0.15, 0.2) is 27.8 Å². The van der Waals surface area contributed by atoms with Gasteiger partial charge in [0.05, 0.1) is 33.9 Å². The third-order valence-electron chi connectivity index (χ3n) is 4.86. The Labute approximate surface area is 185 Å². The Hall–Kier alpha value is -3.95. The van der Waals surface area contributed by atoms with Crippen LogP contribution in [0.3, 0.4) is 0 Å². The molecule has 3 aromatic rings. The van der Waals surface area contributed by atoms with E-state index < -0.39 is 11.2 Å². The molecule has 0 amide bonds. The Bertz CT molecular complexity index is 1360. The van der Waals surface area contributed by atoms with Gasteiger partial charge in [-0.3, -0.25) is 9.36 Å². The van der Waals surface area contributed by atoms with Gasteiger partial charge in [0, 0.05) is 19.2 Å². The van der Waals surface area contributed by atoms with E-state index in [2.05, 4.69) is 22.7 Å². The maximum atomic E-state index is 13.0. The third kappa shape index (κ3) is 4.25. The highest BCUT2D eigenvalue weighted by molar-refractivity contribution is 5.72. The summed E-state index contributed by atoms with van der Waals surface area (Å²) < 4.78 is 19.9. The molecule has 0 fully saturated rings. The standard InChI is InChI=1S/C23H24N4O5/c1-6-12-27-22(28)20-21(26(23(27)29)13-14-32-7-2)24-19(25(20)3)11-9-16-8-10-17(30-4)18(15-16)31-5/h1,8,10,15H,7,12-14H2,2-5H3. The third-order valence-corrected chi connectivity index (χ3v) is 4.86. The molecule has 2 aromatic heterocycles. The zero-order valence-corrected chi connectivity index (χ0v) is 18.5. The lowest BCUT2D eigenvalue weighted by Crippen LogP contribution is -2.41. The van der Waals surface area contributed by atoms with Crippen LogP contribution in [0.1, 0.15) is 18.3 Å². The Kier molecular flexibility index (Phi) is 7.04. The van der Waals surface area contributed by atoms with Crippen LogP contribution < -0.4 is 20.7 Å². The molecule has 0 atom stereocenters. The predicted octanol–water partition coefficient (Wildman–Crippen LogP) is 0.983. The Morgan fingerprint density at radius 1 is 1.09 bits per heavy atom. The number of hydrogen-bond acceptors (Lipinski definition) is 6. The fourth-order valence-electron chi connectivity index (χ4n) is 3.25. The number of terminal acetylenes is 1. The van der Waals surface area contributed by atoms with Crippen LogP contribution in [0.4, 0.5) is 0 Å². The van der Waals surface area contributed by atoms with E-state index in [4.69, 9.17) is 20.6 Å². The van der Waals surface area contributed by atoms with E-state index in [0.29, 0.717) is 36.1 Å². The molecular formula is C23H24N4O5. The summed E-state index contributed by atoms with van der Waals surface area (Å²) in [5, 5.41) is 0. The number of ether oxygens (including phenoxy) is 3. The SMILES string of the molecule is C#CCn1c(=O)c2c(nc(C#Cc3ccc(OC)c(OC)c3)n2C)n(CCOCC)c1=O. The highest BCUT2D eigenvalue weighted by Crippen LogP contribution is 2.27. The van der Waals surface area contributed by atoms with Gasteiger partial charge in [0.15, 0.2) is 28.5 Å². The molecule has 0 saturated carbocycles. The number of nitrogens with zero attached hydrogens (tertiary/aromatic N) is 4. The predicted molar refractivity (Wildman–Crippen MR) is 120 cm³/mol. The van der Waals surface area contributed by atoms with Crippen molar-refractivity contribution in [2.75, 3.05) is 27.4 Å². The van der Waals surface area contributed by atoms with Crippen molar-refractivity contribution in [3.8, 4) is 35.7 Å². The highest BCUT2D eigenvalue weighted by atomic mass is 16.5. The van der Waals surface area contributed by atoms with Gasteiger partial charge in [-0.1, -0.05) is 11.8 Å². The van der Waals surface area contributed by atoms with Crippen molar-refractivity contribution in [1.29, 1.82) is 0 Å². The number of imidazole rings is 1. The molecule has 9 heteroatoms. The van der Waals surface area contributed by atoms with Gasteiger partial charge in [-0.25, -0.2) is 14.3 Å². The molecule has 0 aliphatic heterocycles. The lowest BCUT2D eigenvalue weighted by atomic mass is 10.2. The lowest BCUT2D eigenvalue weighted by molar-refractivity contribution is 0.138. The van der Waals surface area contributed by atoms with Gasteiger partial charge >= 0.3 is 5.69 Å². The van der Waals surface area contributed by atoms with Crippen LogP contribution in [0.25, 0.3) is 11.2 Å². The van der Waals surface area contributed by atoms with Gasteiger partial charge in [-0.2, -0.15) is 0 Å². The summed E-state index contributed by atoms with van der Waals surface area (Å²) in [7, 11) is 4.77. The minimum atomic E-state index is -0.530. The summed E-state index contributed by atoms with van der Waals surface area (Å²) in [6, 6.07) is 5.28. The molecule has 0 unspecified atom stereocenters. The average molecular weight is 436 g/mol. The zero-order chi connectivity index (χ0) is 23.3. The molecule has 166 valence electrons. The molecule has 3 rings (SSSR count). The van der Waals surface area contributed by atoms with Gasteiger partial charge in [-0.05, 0) is 31.0 Å². The van der Waals surface area contributed by atoms with E-state index in [1.54, 1.807) is 44.0 Å². The summed E-state index contributed by atoms with van der Waals surface area (Å²) in [5.74, 6) is 9.81. The van der Waals surface area contributed by atoms with E-state index in [-0.39, 0.29) is 24.3 Å². The zero-order valence-electron chi connectivity index (χ0n) is 18.5. The molecule has 1 aromatic carbocycles. The van der Waals surface area contributed by atoms with Crippen molar-refractivity contribution in [3.05, 3.63) is 50.4 Å². The van der Waals surface area contributed by atoms with E-state index in [1.807, 2.05) is 6.92 Å². The van der Waals surface area contributed by atoms with Crippen molar-refractivity contribution in [2.24, 2.45) is 7.05 Å². The molecule has 0 aliphatic carbocycles. The van der Waals surface area contributed by atoms with Crippen molar-refractivity contribution in [1.82, 2.24) is 18.7 Å². The van der Waals surface area contributed by atoms with E-state index in [1.165, 1.54) is 4.57 Å². The number of benzene rings is 1. The summed E-state index contributed by atoms with van der Waals surface area (Å²) >= 11 is 0. The molecule has 0 aliphatic rings. The van der Waals surface area contributed by atoms with Gasteiger partial charge in [0.25, 0.3) is 5.56 Å². The molecule has 0 spiro atoms. The quantitative estimate of drug-likeness (QED) is 0.405. The first kappa shape index (κ1) is 22.7. The highest BCUT2D eigenvalue weighted by Gasteiger charge is 2.19. The Balaban J connectivity index is 2.16. The molecule has 0 saturated heterocycles. The maximum Gasteiger partial charge on any atom is 0.333 e. The second-order valence-corrected chi connectivity index (χ2v) is 6.71. The second-order valence-electron chi connectivity index (χ2n) is 6.71. The monoisotopic (exact) mass is 436 g/mol. The first-order valence-corrected chi connectivity index (χ1v) is 9.92. The summed E-state index contributed by atoms with van der Waals surface area (Å²) in [6.45, 7) is 2.75. The molecule has 0 radical (unpaired) electrons. The lowest BCUT2D eigenvalue weighted by Gasteiger charge is -2.10. The van der Waals surface area contributed by atoms with Crippen molar-refractivity contribution < 1.29 is 14.2 Å². The summed E-state index contributed by atoms with van der Waals surface area (Å²) in [4.78, 5) is 30.3. The number of methoxy groups -OCH3 is 2. The Morgan fingerprint density at radius 3 is 2.50 bits per heavy atom. The molecule has 9 nitrogen and oxygen atoms in total. The molecule has 0 N–H and O–H groups in total. The van der Waals surface area contributed by atoms with Crippen molar-refractivity contribution >= 4 is 11.2 Å². The van der Waals surface area contributed by atoms with Crippen LogP contribution in [0.5, 0.6) is 11.5 Å². The minimum absolute atomic E-state index is 0.139. The van der Waals surface area contributed by atoms with Crippen LogP contribution in [0.2, 0.25) is 0 Å². The molecular weight excluding hydrogens is 412 g/mol. The largest absolute Gasteiger partial charge is 0.493 e. The topological polar surface area (TPSA) is 89.5 Å². The normalized spacial score (nSPS) is 10.5. The first-order valence-electron chi connectivity index (χ1n) is 9.92. The number of aryl methyl sites for hydroxylation is 1. The number of aromatic nitrogens is 4. The van der Waals surface area contributed by atoms with Crippen molar-refractivity contribution in [2.45, 2.75) is 20.0 Å². The van der Waals surface area contributed by atoms with Crippen LogP contribution in [0, 0.1) is 24.2 Å². The Morgan fingerprint density at radius 2 is 1.84 bits per heavy atom. The molecule has 2 heterocycles. The number of hydrogen-bond donors (Lipinski definition) is 0. The van der Waals surface area contributed by atoms with Gasteiger partial charge in [-0.15, -0.1) is 6.42 Å². The second kappa shape index (κ2) is 9.90. The van der Waals surface area contributed by atoms with E-state index in [9.17, 15) is 9.59 Å². The van der Waals surface area contributed by atoms with Gasteiger partial charge < -0.3 is 18.8 Å². The fraction of sp³-hybridized carbons (Fsp3) is 0.348.